The molecule has 1 aromatic rings. The summed E-state index contributed by atoms with van der Waals surface area (Å²) < 4.78 is 0. The van der Waals surface area contributed by atoms with E-state index in [2.05, 4.69) is 17.1 Å². The van der Waals surface area contributed by atoms with Gasteiger partial charge in [-0.2, -0.15) is 0 Å². The molecule has 1 amide bonds. The molecule has 0 unspecified atom stereocenters. The number of nitrogen functional groups attached to an aromatic ring is 1. The number of halogens is 1. The summed E-state index contributed by atoms with van der Waals surface area (Å²) in [7, 11) is 0. The Morgan fingerprint density at radius 1 is 1.38 bits per heavy atom. The Labute approximate surface area is 131 Å². The van der Waals surface area contributed by atoms with Crippen LogP contribution in [-0.2, 0) is 4.79 Å². The van der Waals surface area contributed by atoms with Gasteiger partial charge in [0.05, 0.1) is 18.0 Å². The van der Waals surface area contributed by atoms with Crippen molar-refractivity contribution in [3.05, 3.63) is 23.2 Å². The third-order valence-electron chi connectivity index (χ3n) is 3.19. The number of carbonyl (C=O) groups excluding carboxylic acids is 1. The molecule has 0 radical (unpaired) electrons. The van der Waals surface area contributed by atoms with E-state index < -0.39 is 0 Å². The maximum absolute atomic E-state index is 11.9. The molecule has 0 atom stereocenters. The highest BCUT2D eigenvalue weighted by Gasteiger charge is 2.09. The van der Waals surface area contributed by atoms with Crippen LogP contribution in [0.5, 0.6) is 0 Å². The quantitative estimate of drug-likeness (QED) is 0.611. The van der Waals surface area contributed by atoms with Crippen molar-refractivity contribution in [2.45, 2.75) is 26.2 Å². The smallest absolute Gasteiger partial charge is 0.225 e. The van der Waals surface area contributed by atoms with Gasteiger partial charge in [-0.05, 0) is 31.2 Å². The fourth-order valence-electron chi connectivity index (χ4n) is 1.98. The topological polar surface area (TPSA) is 78.6 Å². The van der Waals surface area contributed by atoms with E-state index in [1.807, 2.05) is 0 Å². The van der Waals surface area contributed by atoms with E-state index >= 15 is 0 Å². The Bertz CT molecular complexity index is 455. The van der Waals surface area contributed by atoms with Gasteiger partial charge in [0.25, 0.3) is 0 Å². The molecule has 0 spiro atoms. The van der Waals surface area contributed by atoms with Gasteiger partial charge >= 0.3 is 0 Å². The van der Waals surface area contributed by atoms with Gasteiger partial charge < -0.3 is 21.1 Å². The number of anilines is 2. The van der Waals surface area contributed by atoms with Crippen LogP contribution < -0.4 is 11.1 Å². The first kappa shape index (κ1) is 17.8. The number of nitrogens with zero attached hydrogens (tertiary/aromatic N) is 1. The minimum absolute atomic E-state index is 0.0940. The Hall–Kier alpha value is -1.30. The summed E-state index contributed by atoms with van der Waals surface area (Å²) in [4.78, 5) is 14.0. The second-order valence-corrected chi connectivity index (χ2v) is 5.38. The normalized spacial score (nSPS) is 10.9. The van der Waals surface area contributed by atoms with Gasteiger partial charge in [-0.3, -0.25) is 4.79 Å². The number of rotatable bonds is 9. The highest BCUT2D eigenvalue weighted by Crippen LogP contribution is 2.22. The maximum Gasteiger partial charge on any atom is 0.225 e. The second-order valence-electron chi connectivity index (χ2n) is 4.95. The molecule has 21 heavy (non-hydrogen) atoms. The summed E-state index contributed by atoms with van der Waals surface area (Å²) >= 11 is 5.82. The zero-order valence-electron chi connectivity index (χ0n) is 12.4. The van der Waals surface area contributed by atoms with E-state index in [1.165, 1.54) is 0 Å². The summed E-state index contributed by atoms with van der Waals surface area (Å²) in [5, 5.41) is 12.3. The van der Waals surface area contributed by atoms with E-state index in [0.29, 0.717) is 35.9 Å². The molecular weight excluding hydrogens is 290 g/mol. The molecule has 0 bridgehead atoms. The van der Waals surface area contributed by atoms with Gasteiger partial charge in [0.2, 0.25) is 5.91 Å². The predicted octanol–water partition coefficient (Wildman–Crippen LogP) is 2.35. The number of unbranched alkanes of at least 4 members (excludes halogenated alkanes) is 1. The lowest BCUT2D eigenvalue weighted by Gasteiger charge is -2.20. The van der Waals surface area contributed by atoms with Crippen LogP contribution in [0.2, 0.25) is 5.02 Å². The molecule has 0 aliphatic carbocycles. The molecule has 0 aliphatic rings. The molecule has 6 heteroatoms. The molecule has 0 aliphatic heterocycles. The van der Waals surface area contributed by atoms with Crippen molar-refractivity contribution in [1.82, 2.24) is 4.90 Å². The number of amides is 1. The lowest BCUT2D eigenvalue weighted by atomic mass is 10.2. The van der Waals surface area contributed by atoms with Gasteiger partial charge in [-0.25, -0.2) is 0 Å². The number of carbonyl (C=O) groups is 1. The number of aliphatic hydroxyl groups excluding tert-OH is 1. The van der Waals surface area contributed by atoms with Crippen molar-refractivity contribution in [1.29, 1.82) is 0 Å². The van der Waals surface area contributed by atoms with Crippen molar-refractivity contribution >= 4 is 28.9 Å². The zero-order chi connectivity index (χ0) is 15.7. The van der Waals surface area contributed by atoms with Crippen LogP contribution in [0.1, 0.15) is 26.2 Å². The van der Waals surface area contributed by atoms with Crippen molar-refractivity contribution in [3.63, 3.8) is 0 Å². The standard InChI is InChI=1S/C15H24ClN3O2/c1-2-3-7-19(9-10-20)8-6-15(21)18-14-5-4-12(16)11-13(14)17/h4-5,11,20H,2-3,6-10,17H2,1H3,(H,18,21). The van der Waals surface area contributed by atoms with Gasteiger partial charge in [-0.15, -0.1) is 0 Å². The summed E-state index contributed by atoms with van der Waals surface area (Å²) in [5.74, 6) is -0.0940. The molecule has 0 aromatic heterocycles. The number of aliphatic hydroxyl groups is 1. The molecular formula is C15H24ClN3O2. The minimum Gasteiger partial charge on any atom is -0.397 e. The molecule has 1 aromatic carbocycles. The van der Waals surface area contributed by atoms with Crippen molar-refractivity contribution in [3.8, 4) is 0 Å². The number of nitrogens with two attached hydrogens (primary N) is 1. The van der Waals surface area contributed by atoms with E-state index in [0.717, 1.165) is 19.4 Å². The highest BCUT2D eigenvalue weighted by molar-refractivity contribution is 6.31. The number of hydrogen-bond donors (Lipinski definition) is 3. The maximum atomic E-state index is 11.9. The van der Waals surface area contributed by atoms with Crippen LogP contribution in [-0.4, -0.2) is 42.2 Å². The van der Waals surface area contributed by atoms with Gasteiger partial charge in [-0.1, -0.05) is 24.9 Å². The first-order valence-corrected chi connectivity index (χ1v) is 7.62. The van der Waals surface area contributed by atoms with Crippen LogP contribution in [0.25, 0.3) is 0 Å². The largest absolute Gasteiger partial charge is 0.397 e. The monoisotopic (exact) mass is 313 g/mol. The van der Waals surface area contributed by atoms with Gasteiger partial charge in [0, 0.05) is 24.5 Å². The van der Waals surface area contributed by atoms with Gasteiger partial charge in [0.1, 0.15) is 0 Å². The molecule has 0 heterocycles. The average Bonchev–Trinajstić information content (AvgIpc) is 2.45. The van der Waals surface area contributed by atoms with Crippen LogP contribution >= 0.6 is 11.6 Å². The highest BCUT2D eigenvalue weighted by atomic mass is 35.5. The van der Waals surface area contributed by atoms with Crippen LogP contribution in [0.15, 0.2) is 18.2 Å². The Morgan fingerprint density at radius 2 is 2.14 bits per heavy atom. The van der Waals surface area contributed by atoms with E-state index in [9.17, 15) is 4.79 Å². The zero-order valence-corrected chi connectivity index (χ0v) is 13.2. The van der Waals surface area contributed by atoms with Crippen LogP contribution in [0, 0.1) is 0 Å². The first-order valence-electron chi connectivity index (χ1n) is 7.25. The van der Waals surface area contributed by atoms with E-state index in [4.69, 9.17) is 22.4 Å². The predicted molar refractivity (Wildman–Crippen MR) is 87.5 cm³/mol. The van der Waals surface area contributed by atoms with E-state index in [1.54, 1.807) is 18.2 Å². The third-order valence-corrected chi connectivity index (χ3v) is 3.42. The number of nitrogens with one attached hydrogen (secondary N) is 1. The Morgan fingerprint density at radius 3 is 2.76 bits per heavy atom. The lowest BCUT2D eigenvalue weighted by Crippen LogP contribution is -2.31. The van der Waals surface area contributed by atoms with Crippen LogP contribution in [0.4, 0.5) is 11.4 Å². The fraction of sp³-hybridized carbons (Fsp3) is 0.533. The number of hydrogen-bond acceptors (Lipinski definition) is 4. The summed E-state index contributed by atoms with van der Waals surface area (Å²) in [6.45, 7) is 4.34. The van der Waals surface area contributed by atoms with Gasteiger partial charge in [0.15, 0.2) is 0 Å². The van der Waals surface area contributed by atoms with Crippen LogP contribution in [0.3, 0.4) is 0 Å². The van der Waals surface area contributed by atoms with Crippen molar-refractivity contribution < 1.29 is 9.90 Å². The molecule has 5 nitrogen and oxygen atoms in total. The first-order chi connectivity index (χ1) is 10.1. The minimum atomic E-state index is -0.0940. The Kier molecular flexibility index (Phi) is 8.12. The summed E-state index contributed by atoms with van der Waals surface area (Å²) in [6, 6.07) is 4.99. The fourth-order valence-corrected chi connectivity index (χ4v) is 2.16. The Balaban J connectivity index is 2.44. The van der Waals surface area contributed by atoms with Crippen molar-refractivity contribution in [2.75, 3.05) is 37.3 Å². The lowest BCUT2D eigenvalue weighted by molar-refractivity contribution is -0.116. The third kappa shape index (κ3) is 6.80. The number of benzene rings is 1. The second kappa shape index (κ2) is 9.60. The summed E-state index contributed by atoms with van der Waals surface area (Å²) in [6.07, 6.45) is 2.52. The van der Waals surface area contributed by atoms with E-state index in [-0.39, 0.29) is 12.5 Å². The van der Waals surface area contributed by atoms with Crippen molar-refractivity contribution in [2.24, 2.45) is 0 Å². The average molecular weight is 314 g/mol. The molecule has 0 saturated carbocycles. The summed E-state index contributed by atoms with van der Waals surface area (Å²) in [5.41, 5.74) is 6.82. The molecule has 0 fully saturated rings. The molecule has 0 saturated heterocycles. The SMILES string of the molecule is CCCCN(CCO)CCC(=O)Nc1ccc(Cl)cc1N. The molecule has 4 N–H and O–H groups in total. The molecule has 118 valence electrons. The molecule has 1 rings (SSSR count).